The molecule has 122 valence electrons. The Labute approximate surface area is 135 Å². The van der Waals surface area contributed by atoms with Crippen LogP contribution in [0.3, 0.4) is 0 Å². The summed E-state index contributed by atoms with van der Waals surface area (Å²) >= 11 is 0. The van der Waals surface area contributed by atoms with Crippen LogP contribution in [0.2, 0.25) is 0 Å². The Morgan fingerprint density at radius 2 is 1.96 bits per heavy atom. The minimum atomic E-state index is -0.615. The summed E-state index contributed by atoms with van der Waals surface area (Å²) in [5.41, 5.74) is 8.21. The fourth-order valence-electron chi connectivity index (χ4n) is 2.29. The summed E-state index contributed by atoms with van der Waals surface area (Å²) in [6.45, 7) is 0.499. The fourth-order valence-corrected chi connectivity index (χ4v) is 2.29. The molecule has 0 aliphatic rings. The van der Waals surface area contributed by atoms with Gasteiger partial charge in [-0.2, -0.15) is 0 Å². The van der Waals surface area contributed by atoms with E-state index in [1.807, 2.05) is 30.3 Å². The highest BCUT2D eigenvalue weighted by atomic mass is 19.1. The smallest absolute Gasteiger partial charge is 0.237 e. The summed E-state index contributed by atoms with van der Waals surface area (Å²) in [6.07, 6.45) is 0.477. The summed E-state index contributed by atoms with van der Waals surface area (Å²) in [4.78, 5) is 12.1. The van der Waals surface area contributed by atoms with E-state index in [0.29, 0.717) is 18.5 Å². The molecule has 0 bridgehead atoms. The third-order valence-electron chi connectivity index (χ3n) is 3.51. The zero-order chi connectivity index (χ0) is 16.7. The van der Waals surface area contributed by atoms with Crippen LogP contribution >= 0.6 is 0 Å². The number of carbonyl (C=O) groups excluding carboxylic acids is 1. The van der Waals surface area contributed by atoms with Crippen molar-refractivity contribution >= 4 is 5.91 Å². The Bertz CT molecular complexity index is 647. The second-order valence-corrected chi connectivity index (χ2v) is 5.37. The van der Waals surface area contributed by atoms with Gasteiger partial charge in [-0.25, -0.2) is 4.39 Å². The molecule has 0 saturated heterocycles. The molecule has 0 fully saturated rings. The molecular weight excluding hydrogens is 295 g/mol. The second kappa shape index (κ2) is 8.41. The van der Waals surface area contributed by atoms with Crippen molar-refractivity contribution in [1.82, 2.24) is 5.32 Å². The van der Waals surface area contributed by atoms with E-state index in [0.717, 1.165) is 11.1 Å². The fraction of sp³-hybridized carbons (Fsp3) is 0.278. The van der Waals surface area contributed by atoms with Crippen LogP contribution < -0.4 is 11.1 Å². The molecule has 1 atom stereocenters. The van der Waals surface area contributed by atoms with Crippen molar-refractivity contribution < 1.29 is 13.9 Å². The zero-order valence-electron chi connectivity index (χ0n) is 13.1. The van der Waals surface area contributed by atoms with Crippen LogP contribution in [0.15, 0.2) is 48.5 Å². The molecule has 0 aliphatic heterocycles. The summed E-state index contributed by atoms with van der Waals surface area (Å²) in [7, 11) is 1.51. The molecule has 0 heterocycles. The molecule has 0 aromatic heterocycles. The standard InChI is InChI=1S/C18H21FN2O2/c1-23-12-15-9-14(7-8-16(15)19)11-21-18(22)17(20)10-13-5-3-2-4-6-13/h2-9,17H,10-12,20H2,1H3,(H,21,22)/t17-/m0/s1. The van der Waals surface area contributed by atoms with E-state index >= 15 is 0 Å². The average molecular weight is 316 g/mol. The van der Waals surface area contributed by atoms with Crippen LogP contribution in [0.5, 0.6) is 0 Å². The topological polar surface area (TPSA) is 64.3 Å². The van der Waals surface area contributed by atoms with E-state index < -0.39 is 6.04 Å². The van der Waals surface area contributed by atoms with E-state index in [4.69, 9.17) is 10.5 Å². The Balaban J connectivity index is 1.89. The summed E-state index contributed by atoms with van der Waals surface area (Å²) in [5.74, 6) is -0.547. The molecule has 1 amide bonds. The third-order valence-corrected chi connectivity index (χ3v) is 3.51. The quantitative estimate of drug-likeness (QED) is 0.823. The van der Waals surface area contributed by atoms with E-state index in [1.54, 1.807) is 12.1 Å². The van der Waals surface area contributed by atoms with Crippen LogP contribution in [-0.2, 0) is 29.1 Å². The highest BCUT2D eigenvalue weighted by molar-refractivity contribution is 5.81. The number of carbonyl (C=O) groups is 1. The first-order valence-electron chi connectivity index (χ1n) is 7.43. The molecule has 4 nitrogen and oxygen atoms in total. The number of nitrogens with one attached hydrogen (secondary N) is 1. The van der Waals surface area contributed by atoms with Gasteiger partial charge in [0.25, 0.3) is 0 Å². The SMILES string of the molecule is COCc1cc(CNC(=O)[C@@H](N)Cc2ccccc2)ccc1F. The lowest BCUT2D eigenvalue weighted by Gasteiger charge is -2.13. The highest BCUT2D eigenvalue weighted by Gasteiger charge is 2.14. The minimum absolute atomic E-state index is 0.196. The molecule has 2 rings (SSSR count). The van der Waals surface area contributed by atoms with Gasteiger partial charge in [0, 0.05) is 19.2 Å². The first-order chi connectivity index (χ1) is 11.1. The van der Waals surface area contributed by atoms with Crippen LogP contribution in [0.25, 0.3) is 0 Å². The highest BCUT2D eigenvalue weighted by Crippen LogP contribution is 2.11. The van der Waals surface area contributed by atoms with Gasteiger partial charge < -0.3 is 15.8 Å². The van der Waals surface area contributed by atoms with Crippen molar-refractivity contribution in [1.29, 1.82) is 0 Å². The van der Waals surface area contributed by atoms with Crippen molar-refractivity contribution in [3.05, 3.63) is 71.0 Å². The molecule has 0 saturated carbocycles. The average Bonchev–Trinajstić information content (AvgIpc) is 2.56. The number of nitrogens with two attached hydrogens (primary N) is 1. The maximum absolute atomic E-state index is 13.5. The monoisotopic (exact) mass is 316 g/mol. The minimum Gasteiger partial charge on any atom is -0.380 e. The van der Waals surface area contributed by atoms with Crippen molar-refractivity contribution in [2.45, 2.75) is 25.6 Å². The van der Waals surface area contributed by atoms with Gasteiger partial charge in [-0.15, -0.1) is 0 Å². The largest absolute Gasteiger partial charge is 0.380 e. The molecule has 0 aliphatic carbocycles. The molecule has 0 radical (unpaired) electrons. The van der Waals surface area contributed by atoms with Gasteiger partial charge in [0.15, 0.2) is 0 Å². The van der Waals surface area contributed by atoms with Crippen molar-refractivity contribution in [2.24, 2.45) is 5.73 Å². The van der Waals surface area contributed by atoms with Gasteiger partial charge in [0.2, 0.25) is 5.91 Å². The number of methoxy groups -OCH3 is 1. The van der Waals surface area contributed by atoms with Gasteiger partial charge in [-0.05, 0) is 29.7 Å². The van der Waals surface area contributed by atoms with Gasteiger partial charge in [0.1, 0.15) is 5.82 Å². The number of rotatable bonds is 7. The summed E-state index contributed by atoms with van der Waals surface area (Å²) < 4.78 is 18.5. The van der Waals surface area contributed by atoms with E-state index in [2.05, 4.69) is 5.32 Å². The summed E-state index contributed by atoms with van der Waals surface area (Å²) in [6, 6.07) is 13.7. The Morgan fingerprint density at radius 3 is 2.65 bits per heavy atom. The Kier molecular flexibility index (Phi) is 6.26. The number of hydrogen-bond acceptors (Lipinski definition) is 3. The normalized spacial score (nSPS) is 12.0. The van der Waals surface area contributed by atoms with E-state index in [9.17, 15) is 9.18 Å². The van der Waals surface area contributed by atoms with Crippen LogP contribution in [0.4, 0.5) is 4.39 Å². The number of ether oxygens (including phenoxy) is 1. The molecule has 0 spiro atoms. The molecule has 3 N–H and O–H groups in total. The maximum atomic E-state index is 13.5. The zero-order valence-corrected chi connectivity index (χ0v) is 13.1. The van der Waals surface area contributed by atoms with Crippen LogP contribution in [0, 0.1) is 5.82 Å². The van der Waals surface area contributed by atoms with Gasteiger partial charge in [-0.3, -0.25) is 4.79 Å². The number of amides is 1. The number of halogens is 1. The van der Waals surface area contributed by atoms with E-state index in [-0.39, 0.29) is 18.3 Å². The molecule has 2 aromatic carbocycles. The van der Waals surface area contributed by atoms with Crippen molar-refractivity contribution in [3.8, 4) is 0 Å². The molecule has 0 unspecified atom stereocenters. The first kappa shape index (κ1) is 17.1. The van der Waals surface area contributed by atoms with E-state index in [1.165, 1.54) is 13.2 Å². The lowest BCUT2D eigenvalue weighted by atomic mass is 10.1. The Morgan fingerprint density at radius 1 is 1.22 bits per heavy atom. The first-order valence-corrected chi connectivity index (χ1v) is 7.43. The second-order valence-electron chi connectivity index (χ2n) is 5.37. The lowest BCUT2D eigenvalue weighted by Crippen LogP contribution is -2.41. The summed E-state index contributed by atoms with van der Waals surface area (Å²) in [5, 5.41) is 2.78. The molecular formula is C18H21FN2O2. The van der Waals surface area contributed by atoms with Gasteiger partial charge in [0.05, 0.1) is 12.6 Å². The van der Waals surface area contributed by atoms with Crippen LogP contribution in [0.1, 0.15) is 16.7 Å². The predicted octanol–water partition coefficient (Wildman–Crippen LogP) is 2.16. The lowest BCUT2D eigenvalue weighted by molar-refractivity contribution is -0.122. The van der Waals surface area contributed by atoms with Crippen molar-refractivity contribution in [2.75, 3.05) is 7.11 Å². The maximum Gasteiger partial charge on any atom is 0.237 e. The number of benzene rings is 2. The van der Waals surface area contributed by atoms with Gasteiger partial charge in [-0.1, -0.05) is 36.4 Å². The number of hydrogen-bond donors (Lipinski definition) is 2. The Hall–Kier alpha value is -2.24. The molecule has 23 heavy (non-hydrogen) atoms. The van der Waals surface area contributed by atoms with Gasteiger partial charge >= 0.3 is 0 Å². The third kappa shape index (κ3) is 5.16. The van der Waals surface area contributed by atoms with Crippen LogP contribution in [-0.4, -0.2) is 19.1 Å². The predicted molar refractivity (Wildman–Crippen MR) is 87.1 cm³/mol. The molecule has 5 heteroatoms. The molecule has 2 aromatic rings. The van der Waals surface area contributed by atoms with Crippen molar-refractivity contribution in [3.63, 3.8) is 0 Å².